The van der Waals surface area contributed by atoms with Crippen molar-refractivity contribution in [1.82, 2.24) is 0 Å². The van der Waals surface area contributed by atoms with Crippen LogP contribution in [0, 0.1) is 0 Å². The number of rotatable bonds is 6. The number of carbonyl (C=O) groups is 2. The monoisotopic (exact) mass is 276 g/mol. The molecule has 0 fully saturated rings. The van der Waals surface area contributed by atoms with Crippen LogP contribution in [0.4, 0.5) is 0 Å². The maximum atomic E-state index is 11.3. The van der Waals surface area contributed by atoms with E-state index in [-0.39, 0.29) is 17.8 Å². The first-order chi connectivity index (χ1) is 8.42. The lowest BCUT2D eigenvalue weighted by atomic mass is 10.2. The third kappa shape index (κ3) is 4.96. The van der Waals surface area contributed by atoms with Crippen molar-refractivity contribution in [2.24, 2.45) is 0 Å². The van der Waals surface area contributed by atoms with Crippen LogP contribution < -0.4 is 4.52 Å². The zero-order valence-corrected chi connectivity index (χ0v) is 9.78. The Morgan fingerprint density at radius 1 is 1.28 bits per heavy atom. The summed E-state index contributed by atoms with van der Waals surface area (Å²) >= 11 is 0. The number of hydrogen-bond acceptors (Lipinski definition) is 6. The molecule has 9 heteroatoms. The number of benzene rings is 1. The molecule has 18 heavy (non-hydrogen) atoms. The van der Waals surface area contributed by atoms with Gasteiger partial charge in [-0.2, -0.15) is 0 Å². The fourth-order valence-electron chi connectivity index (χ4n) is 0.988. The fraction of sp³-hybridized carbons (Fsp3) is 0.111. The molecule has 0 heterocycles. The first-order valence-electron chi connectivity index (χ1n) is 4.50. The highest BCUT2D eigenvalue weighted by Crippen LogP contribution is 2.37. The molecule has 0 radical (unpaired) electrons. The predicted octanol–water partition coefficient (Wildman–Crippen LogP) is 0.445. The van der Waals surface area contributed by atoms with Crippen LogP contribution in [0.25, 0.3) is 0 Å². The van der Waals surface area contributed by atoms with Gasteiger partial charge in [-0.05, 0) is 24.3 Å². The van der Waals surface area contributed by atoms with E-state index < -0.39 is 20.6 Å². The average Bonchev–Trinajstić information content (AvgIpc) is 2.28. The Kier molecular flexibility index (Phi) is 4.85. The summed E-state index contributed by atoms with van der Waals surface area (Å²) in [6, 6.07) is 4.87. The van der Waals surface area contributed by atoms with Gasteiger partial charge in [0.1, 0.15) is 5.75 Å². The number of esters is 1. The van der Waals surface area contributed by atoms with Crippen LogP contribution in [-0.4, -0.2) is 29.0 Å². The SMILES string of the molecule is O=COCOC(=O)c1ccc(OP(=O)(O)O)cc1. The molecule has 0 aliphatic carbocycles. The average molecular weight is 276 g/mol. The molecule has 0 aromatic heterocycles. The van der Waals surface area contributed by atoms with Gasteiger partial charge in [0.2, 0.25) is 6.79 Å². The quantitative estimate of drug-likeness (QED) is 0.252. The van der Waals surface area contributed by atoms with E-state index in [0.29, 0.717) is 0 Å². The normalized spacial score (nSPS) is 10.6. The van der Waals surface area contributed by atoms with Crippen LogP contribution in [0.5, 0.6) is 5.75 Å². The molecule has 1 rings (SSSR count). The van der Waals surface area contributed by atoms with E-state index in [4.69, 9.17) is 9.79 Å². The molecule has 0 unspecified atom stereocenters. The summed E-state index contributed by atoms with van der Waals surface area (Å²) < 4.78 is 23.5. The number of phosphoric ester groups is 1. The van der Waals surface area contributed by atoms with Gasteiger partial charge in [-0.25, -0.2) is 9.36 Å². The lowest BCUT2D eigenvalue weighted by molar-refractivity contribution is -0.136. The third-order valence-electron chi connectivity index (χ3n) is 1.64. The topological polar surface area (TPSA) is 119 Å². The van der Waals surface area contributed by atoms with Crippen molar-refractivity contribution in [3.8, 4) is 5.75 Å². The molecule has 1 aromatic carbocycles. The molecule has 2 N–H and O–H groups in total. The van der Waals surface area contributed by atoms with Crippen molar-refractivity contribution in [2.45, 2.75) is 0 Å². The third-order valence-corrected chi connectivity index (χ3v) is 2.09. The summed E-state index contributed by atoms with van der Waals surface area (Å²) in [5.41, 5.74) is 0.113. The van der Waals surface area contributed by atoms with E-state index in [0.717, 1.165) is 0 Å². The number of hydrogen-bond donors (Lipinski definition) is 2. The summed E-state index contributed by atoms with van der Waals surface area (Å²) in [5, 5.41) is 0. The van der Waals surface area contributed by atoms with Gasteiger partial charge in [0, 0.05) is 0 Å². The van der Waals surface area contributed by atoms with Crippen molar-refractivity contribution in [1.29, 1.82) is 0 Å². The Bertz CT molecular complexity index is 462. The molecule has 8 nitrogen and oxygen atoms in total. The Morgan fingerprint density at radius 2 is 1.89 bits per heavy atom. The molecular weight excluding hydrogens is 267 g/mol. The largest absolute Gasteiger partial charge is 0.524 e. The second-order valence-corrected chi connectivity index (χ2v) is 4.08. The molecule has 0 saturated carbocycles. The van der Waals surface area contributed by atoms with Crippen molar-refractivity contribution in [3.05, 3.63) is 29.8 Å². The maximum Gasteiger partial charge on any atom is 0.524 e. The van der Waals surface area contributed by atoms with Gasteiger partial charge >= 0.3 is 13.8 Å². The molecule has 0 aliphatic heterocycles. The number of ether oxygens (including phenoxy) is 2. The van der Waals surface area contributed by atoms with Gasteiger partial charge in [-0.3, -0.25) is 14.6 Å². The molecule has 0 atom stereocenters. The maximum absolute atomic E-state index is 11.3. The molecule has 98 valence electrons. The zero-order chi connectivity index (χ0) is 13.6. The standard InChI is InChI=1S/C9H9O8P/c10-5-15-6-16-9(11)7-1-3-8(4-2-7)17-18(12,13)14/h1-5H,6H2,(H2,12,13,14). The van der Waals surface area contributed by atoms with Crippen LogP contribution in [0.3, 0.4) is 0 Å². The van der Waals surface area contributed by atoms with E-state index in [1.54, 1.807) is 0 Å². The van der Waals surface area contributed by atoms with Gasteiger partial charge in [0.05, 0.1) is 5.56 Å². The van der Waals surface area contributed by atoms with E-state index >= 15 is 0 Å². The van der Waals surface area contributed by atoms with Crippen molar-refractivity contribution >= 4 is 20.3 Å². The second kappa shape index (κ2) is 6.15. The van der Waals surface area contributed by atoms with Crippen LogP contribution >= 0.6 is 7.82 Å². The minimum Gasteiger partial charge on any atom is -0.430 e. The lowest BCUT2D eigenvalue weighted by Gasteiger charge is -2.07. The highest BCUT2D eigenvalue weighted by atomic mass is 31.2. The summed E-state index contributed by atoms with van der Waals surface area (Å²) in [5.74, 6) is -0.844. The van der Waals surface area contributed by atoms with E-state index in [2.05, 4.69) is 14.0 Å². The summed E-state index contributed by atoms with van der Waals surface area (Å²) in [7, 11) is -4.62. The number of phosphoric acid groups is 1. The molecule has 1 aromatic rings. The fourth-order valence-corrected chi connectivity index (χ4v) is 1.38. The second-order valence-electron chi connectivity index (χ2n) is 2.92. The Hall–Kier alpha value is -1.89. The molecule has 0 spiro atoms. The predicted molar refractivity (Wildman–Crippen MR) is 56.5 cm³/mol. The van der Waals surface area contributed by atoms with Gasteiger partial charge in [-0.15, -0.1) is 0 Å². The first kappa shape index (κ1) is 14.2. The first-order valence-corrected chi connectivity index (χ1v) is 6.03. The molecule has 0 saturated heterocycles. The minimum atomic E-state index is -4.62. The van der Waals surface area contributed by atoms with Crippen LogP contribution in [0.15, 0.2) is 24.3 Å². The minimum absolute atomic E-state index is 0.0935. The smallest absolute Gasteiger partial charge is 0.430 e. The van der Waals surface area contributed by atoms with Crippen molar-refractivity contribution in [3.63, 3.8) is 0 Å². The van der Waals surface area contributed by atoms with E-state index in [1.165, 1.54) is 24.3 Å². The highest BCUT2D eigenvalue weighted by Gasteiger charge is 2.16. The van der Waals surface area contributed by atoms with Crippen LogP contribution in [-0.2, 0) is 18.8 Å². The Balaban J connectivity index is 2.62. The summed E-state index contributed by atoms with van der Waals surface area (Å²) in [6.45, 7) is -0.382. The van der Waals surface area contributed by atoms with Crippen molar-refractivity contribution in [2.75, 3.05) is 6.79 Å². The highest BCUT2D eigenvalue weighted by molar-refractivity contribution is 7.46. The van der Waals surface area contributed by atoms with Crippen molar-refractivity contribution < 1.29 is 37.9 Å². The Morgan fingerprint density at radius 3 is 2.39 bits per heavy atom. The lowest BCUT2D eigenvalue weighted by Crippen LogP contribution is -2.08. The van der Waals surface area contributed by atoms with E-state index in [1.807, 2.05) is 0 Å². The van der Waals surface area contributed by atoms with E-state index in [9.17, 15) is 14.2 Å². The molecule has 0 bridgehead atoms. The molecule has 0 aliphatic rings. The summed E-state index contributed by atoms with van der Waals surface area (Å²) in [4.78, 5) is 38.2. The molecular formula is C9H9O8P. The molecule has 0 amide bonds. The zero-order valence-electron chi connectivity index (χ0n) is 8.88. The van der Waals surface area contributed by atoms with Crippen LogP contribution in [0.2, 0.25) is 0 Å². The van der Waals surface area contributed by atoms with Gasteiger partial charge in [0.15, 0.2) is 0 Å². The number of carbonyl (C=O) groups excluding carboxylic acids is 2. The van der Waals surface area contributed by atoms with Gasteiger partial charge in [-0.1, -0.05) is 0 Å². The summed E-state index contributed by atoms with van der Waals surface area (Å²) in [6.07, 6.45) is 0. The van der Waals surface area contributed by atoms with Crippen LogP contribution in [0.1, 0.15) is 10.4 Å². The van der Waals surface area contributed by atoms with Gasteiger partial charge < -0.3 is 14.0 Å². The Labute approximate surface area is 101 Å². The van der Waals surface area contributed by atoms with Gasteiger partial charge in [0.25, 0.3) is 6.47 Å².